The van der Waals surface area contributed by atoms with Crippen LogP contribution < -0.4 is 5.32 Å². The second kappa shape index (κ2) is 5.68. The summed E-state index contributed by atoms with van der Waals surface area (Å²) in [6.07, 6.45) is 6.82. The van der Waals surface area contributed by atoms with Gasteiger partial charge in [-0.3, -0.25) is 0 Å². The van der Waals surface area contributed by atoms with E-state index in [1.54, 1.807) is 0 Å². The van der Waals surface area contributed by atoms with Crippen LogP contribution in [-0.2, 0) is 6.54 Å². The van der Waals surface area contributed by atoms with Gasteiger partial charge in [0.25, 0.3) is 0 Å². The Kier molecular flexibility index (Phi) is 4.45. The van der Waals surface area contributed by atoms with E-state index in [1.165, 1.54) is 42.8 Å². The smallest absolute Gasteiger partial charge is 0.0959 e. The van der Waals surface area contributed by atoms with Gasteiger partial charge >= 0.3 is 0 Å². The van der Waals surface area contributed by atoms with Crippen LogP contribution in [0, 0.1) is 5.92 Å². The molecule has 2 aliphatic carbocycles. The van der Waals surface area contributed by atoms with Crippen LogP contribution in [0.3, 0.4) is 0 Å². The van der Waals surface area contributed by atoms with Crippen molar-refractivity contribution in [3.05, 3.63) is 16.1 Å². The van der Waals surface area contributed by atoms with Crippen molar-refractivity contribution in [1.82, 2.24) is 10.3 Å². The minimum absolute atomic E-state index is 0. The maximum Gasteiger partial charge on any atom is 0.0959 e. The van der Waals surface area contributed by atoms with E-state index in [0.29, 0.717) is 0 Å². The molecule has 0 amide bonds. The van der Waals surface area contributed by atoms with Gasteiger partial charge in [0, 0.05) is 23.9 Å². The molecule has 1 heterocycles. The van der Waals surface area contributed by atoms with E-state index in [9.17, 15) is 0 Å². The number of hydrogen-bond acceptors (Lipinski definition) is 3. The number of rotatable bonds is 6. The molecule has 0 saturated heterocycles. The summed E-state index contributed by atoms with van der Waals surface area (Å²) < 4.78 is 0. The number of thiazole rings is 1. The summed E-state index contributed by atoms with van der Waals surface area (Å²) in [7, 11) is 0. The summed E-state index contributed by atoms with van der Waals surface area (Å²) in [4.78, 5) is 4.70. The van der Waals surface area contributed by atoms with E-state index in [0.717, 1.165) is 24.4 Å². The molecule has 17 heavy (non-hydrogen) atoms. The first-order valence-corrected chi connectivity index (χ1v) is 7.42. The number of nitrogens with one attached hydrogen (secondary N) is 1. The Hall–Kier alpha value is -0.120. The van der Waals surface area contributed by atoms with Gasteiger partial charge in [-0.05, 0) is 31.6 Å². The highest BCUT2D eigenvalue weighted by Crippen LogP contribution is 2.41. The largest absolute Gasteiger partial charge is 0.308 e. The van der Waals surface area contributed by atoms with E-state index in [2.05, 4.69) is 17.6 Å². The summed E-state index contributed by atoms with van der Waals surface area (Å²) in [5.74, 6) is 1.76. The fourth-order valence-electron chi connectivity index (χ4n) is 2.34. The zero-order chi connectivity index (χ0) is 11.0. The minimum Gasteiger partial charge on any atom is -0.308 e. The van der Waals surface area contributed by atoms with Crippen molar-refractivity contribution < 1.29 is 0 Å². The molecule has 2 aliphatic rings. The van der Waals surface area contributed by atoms with Crippen LogP contribution in [-0.4, -0.2) is 11.0 Å². The molecular formula is C13H21ClN2S. The summed E-state index contributed by atoms with van der Waals surface area (Å²) in [6, 6.07) is 0.783. The molecular weight excluding hydrogens is 252 g/mol. The first-order valence-electron chi connectivity index (χ1n) is 6.54. The third kappa shape index (κ3) is 3.43. The molecule has 2 nitrogen and oxygen atoms in total. The van der Waals surface area contributed by atoms with Gasteiger partial charge in [0.1, 0.15) is 0 Å². The maximum absolute atomic E-state index is 4.70. The van der Waals surface area contributed by atoms with E-state index in [4.69, 9.17) is 4.98 Å². The van der Waals surface area contributed by atoms with Gasteiger partial charge in [0.15, 0.2) is 0 Å². The van der Waals surface area contributed by atoms with Gasteiger partial charge < -0.3 is 5.32 Å². The van der Waals surface area contributed by atoms with Crippen LogP contribution in [0.5, 0.6) is 0 Å². The monoisotopic (exact) mass is 272 g/mol. The molecule has 1 aromatic heterocycles. The summed E-state index contributed by atoms with van der Waals surface area (Å²) in [5, 5.41) is 7.23. The molecule has 0 aromatic carbocycles. The molecule has 0 aliphatic heterocycles. The summed E-state index contributed by atoms with van der Waals surface area (Å²) >= 11 is 1.85. The lowest BCUT2D eigenvalue weighted by molar-refractivity contribution is 0.594. The third-order valence-electron chi connectivity index (χ3n) is 3.62. The Morgan fingerprint density at radius 2 is 2.29 bits per heavy atom. The number of halogens is 1. The van der Waals surface area contributed by atoms with E-state index < -0.39 is 0 Å². The second-order valence-electron chi connectivity index (χ2n) is 5.22. The quantitative estimate of drug-likeness (QED) is 0.854. The molecule has 0 spiro atoms. The zero-order valence-electron chi connectivity index (χ0n) is 10.3. The minimum atomic E-state index is 0. The lowest BCUT2D eigenvalue weighted by Crippen LogP contribution is -2.17. The molecule has 2 fully saturated rings. The van der Waals surface area contributed by atoms with Crippen LogP contribution in [0.4, 0.5) is 0 Å². The molecule has 2 unspecified atom stereocenters. The van der Waals surface area contributed by atoms with Crippen molar-refractivity contribution in [2.75, 3.05) is 0 Å². The second-order valence-corrected chi connectivity index (χ2v) is 6.11. The molecule has 2 atom stereocenters. The molecule has 1 aromatic rings. The first-order chi connectivity index (χ1) is 7.86. The molecule has 4 heteroatoms. The number of aromatic nitrogens is 1. The lowest BCUT2D eigenvalue weighted by Gasteiger charge is -2.00. The molecule has 96 valence electrons. The van der Waals surface area contributed by atoms with Crippen molar-refractivity contribution in [1.29, 1.82) is 0 Å². The Bertz CT molecular complexity index is 362. The molecule has 3 rings (SSSR count). The Morgan fingerprint density at radius 3 is 3.00 bits per heavy atom. The molecule has 0 radical (unpaired) electrons. The van der Waals surface area contributed by atoms with Gasteiger partial charge in [0.2, 0.25) is 0 Å². The van der Waals surface area contributed by atoms with Crippen molar-refractivity contribution >= 4 is 23.7 Å². The van der Waals surface area contributed by atoms with Crippen LogP contribution in [0.1, 0.15) is 55.6 Å². The summed E-state index contributed by atoms with van der Waals surface area (Å²) in [5.41, 5.74) is 1.26. The van der Waals surface area contributed by atoms with Gasteiger partial charge in [-0.25, -0.2) is 4.98 Å². The van der Waals surface area contributed by atoms with Gasteiger partial charge in [-0.1, -0.05) is 13.3 Å². The maximum atomic E-state index is 4.70. The normalized spacial score (nSPS) is 26.6. The number of hydrogen-bond donors (Lipinski definition) is 1. The Morgan fingerprint density at radius 1 is 1.47 bits per heavy atom. The Labute approximate surface area is 114 Å². The molecule has 0 bridgehead atoms. The fourth-order valence-corrected chi connectivity index (χ4v) is 3.34. The highest BCUT2D eigenvalue weighted by molar-refractivity contribution is 7.09. The predicted octanol–water partition coefficient (Wildman–Crippen LogP) is 3.72. The Balaban J connectivity index is 0.00000108. The average molecular weight is 273 g/mol. The van der Waals surface area contributed by atoms with E-state index in [-0.39, 0.29) is 12.4 Å². The van der Waals surface area contributed by atoms with Crippen molar-refractivity contribution in [3.63, 3.8) is 0 Å². The molecule has 1 N–H and O–H groups in total. The SMILES string of the molecule is CCCC1CC1NCc1csc(C2CC2)n1.Cl. The highest BCUT2D eigenvalue weighted by Gasteiger charge is 2.35. The standard InChI is InChI=1S/C13H20N2S.ClH/c1-2-3-10-6-12(10)14-7-11-8-16-13(15-11)9-4-5-9;/h8-10,12,14H,2-7H2,1H3;1H. The third-order valence-corrected chi connectivity index (χ3v) is 4.68. The summed E-state index contributed by atoms with van der Waals surface area (Å²) in [6.45, 7) is 3.26. The highest BCUT2D eigenvalue weighted by atomic mass is 35.5. The first kappa shape index (κ1) is 13.3. The van der Waals surface area contributed by atoms with Crippen LogP contribution in [0.25, 0.3) is 0 Å². The van der Waals surface area contributed by atoms with Gasteiger partial charge in [0.05, 0.1) is 10.7 Å². The van der Waals surface area contributed by atoms with Crippen molar-refractivity contribution in [2.24, 2.45) is 5.92 Å². The van der Waals surface area contributed by atoms with Crippen LogP contribution in [0.15, 0.2) is 5.38 Å². The van der Waals surface area contributed by atoms with Gasteiger partial charge in [-0.2, -0.15) is 0 Å². The topological polar surface area (TPSA) is 24.9 Å². The van der Waals surface area contributed by atoms with Crippen molar-refractivity contribution in [2.45, 2.75) is 57.5 Å². The predicted molar refractivity (Wildman–Crippen MR) is 75.0 cm³/mol. The van der Waals surface area contributed by atoms with Crippen LogP contribution in [0.2, 0.25) is 0 Å². The fraction of sp³-hybridized carbons (Fsp3) is 0.769. The van der Waals surface area contributed by atoms with E-state index in [1.807, 2.05) is 11.3 Å². The van der Waals surface area contributed by atoms with Gasteiger partial charge in [-0.15, -0.1) is 23.7 Å². The van der Waals surface area contributed by atoms with Crippen LogP contribution >= 0.6 is 23.7 Å². The average Bonchev–Trinajstić information content (AvgIpc) is 3.19. The zero-order valence-corrected chi connectivity index (χ0v) is 11.9. The van der Waals surface area contributed by atoms with E-state index >= 15 is 0 Å². The lowest BCUT2D eigenvalue weighted by atomic mass is 10.2. The molecule has 2 saturated carbocycles. The number of nitrogens with zero attached hydrogens (tertiary/aromatic N) is 1. The van der Waals surface area contributed by atoms with Crippen molar-refractivity contribution in [3.8, 4) is 0 Å².